The van der Waals surface area contributed by atoms with E-state index in [2.05, 4.69) is 47.9 Å². The van der Waals surface area contributed by atoms with Crippen LogP contribution in [0.2, 0.25) is 0 Å². The van der Waals surface area contributed by atoms with Gasteiger partial charge in [0.1, 0.15) is 0 Å². The highest BCUT2D eigenvalue weighted by Gasteiger charge is 2.38. The molecule has 0 heterocycles. The number of aliphatic imine (C=N–C) groups is 1. The average Bonchev–Trinajstić information content (AvgIpc) is 3.51. The molecule has 6 nitrogen and oxygen atoms in total. The summed E-state index contributed by atoms with van der Waals surface area (Å²) in [7, 11) is 4.84. The number of ether oxygens (including phenoxy) is 3. The van der Waals surface area contributed by atoms with Crippen LogP contribution in [0.1, 0.15) is 30.4 Å². The second-order valence-electron chi connectivity index (χ2n) is 6.73. The van der Waals surface area contributed by atoms with Crippen molar-refractivity contribution in [3.8, 4) is 17.2 Å². The molecular formula is C22H29N3O3. The van der Waals surface area contributed by atoms with Gasteiger partial charge in [0.05, 0.1) is 27.9 Å². The highest BCUT2D eigenvalue weighted by molar-refractivity contribution is 5.80. The zero-order valence-corrected chi connectivity index (χ0v) is 17.0. The van der Waals surface area contributed by atoms with Crippen LogP contribution in [0.4, 0.5) is 0 Å². The number of nitrogens with zero attached hydrogens (tertiary/aromatic N) is 1. The summed E-state index contributed by atoms with van der Waals surface area (Å²) in [5.74, 6) is 3.23. The van der Waals surface area contributed by atoms with Crippen LogP contribution in [0.3, 0.4) is 0 Å². The van der Waals surface area contributed by atoms with Gasteiger partial charge in [0.25, 0.3) is 0 Å². The molecule has 0 spiro atoms. The fourth-order valence-electron chi connectivity index (χ4n) is 3.32. The quantitative estimate of drug-likeness (QED) is 0.541. The first kappa shape index (κ1) is 19.9. The lowest BCUT2D eigenvalue weighted by Gasteiger charge is -2.14. The van der Waals surface area contributed by atoms with Gasteiger partial charge < -0.3 is 24.8 Å². The summed E-state index contributed by atoms with van der Waals surface area (Å²) in [6.07, 6.45) is 1.12. The molecule has 1 fully saturated rings. The van der Waals surface area contributed by atoms with Gasteiger partial charge >= 0.3 is 0 Å². The van der Waals surface area contributed by atoms with E-state index in [1.165, 1.54) is 5.56 Å². The number of hydrogen-bond acceptors (Lipinski definition) is 4. The van der Waals surface area contributed by atoms with Crippen LogP contribution >= 0.6 is 0 Å². The molecular weight excluding hydrogens is 354 g/mol. The third kappa shape index (κ3) is 4.68. The standard InChI is InChI=1S/C22H29N3O3/c1-5-23-22(25-18-13-17(18)16-9-7-6-8-10-16)24-14-15-11-19(26-2)21(28-4)20(12-15)27-3/h6-12,17-18H,5,13-14H2,1-4H3,(H2,23,24,25). The van der Waals surface area contributed by atoms with Gasteiger partial charge in [-0.2, -0.15) is 0 Å². The molecule has 2 N–H and O–H groups in total. The van der Waals surface area contributed by atoms with Crippen molar-refractivity contribution in [2.75, 3.05) is 27.9 Å². The van der Waals surface area contributed by atoms with Crippen molar-refractivity contribution in [3.63, 3.8) is 0 Å². The third-order valence-electron chi connectivity index (χ3n) is 4.83. The number of hydrogen-bond donors (Lipinski definition) is 2. The van der Waals surface area contributed by atoms with E-state index in [-0.39, 0.29) is 0 Å². The van der Waals surface area contributed by atoms with E-state index in [4.69, 9.17) is 19.2 Å². The van der Waals surface area contributed by atoms with E-state index >= 15 is 0 Å². The minimum Gasteiger partial charge on any atom is -0.493 e. The van der Waals surface area contributed by atoms with Crippen molar-refractivity contribution in [1.82, 2.24) is 10.6 Å². The second-order valence-corrected chi connectivity index (χ2v) is 6.73. The lowest BCUT2D eigenvalue weighted by molar-refractivity contribution is 0.324. The summed E-state index contributed by atoms with van der Waals surface area (Å²) in [6, 6.07) is 14.9. The van der Waals surface area contributed by atoms with Crippen LogP contribution < -0.4 is 24.8 Å². The normalized spacial score (nSPS) is 18.4. The Kier molecular flexibility index (Phi) is 6.63. The van der Waals surface area contributed by atoms with Crippen molar-refractivity contribution >= 4 is 5.96 Å². The molecule has 2 aromatic carbocycles. The molecule has 0 aliphatic heterocycles. The van der Waals surface area contributed by atoms with Crippen LogP contribution in [0, 0.1) is 0 Å². The van der Waals surface area contributed by atoms with E-state index in [0.717, 1.165) is 24.5 Å². The van der Waals surface area contributed by atoms with Gasteiger partial charge in [-0.1, -0.05) is 30.3 Å². The summed E-state index contributed by atoms with van der Waals surface area (Å²) in [6.45, 7) is 3.39. The van der Waals surface area contributed by atoms with Crippen LogP contribution in [-0.4, -0.2) is 39.9 Å². The van der Waals surface area contributed by atoms with Gasteiger partial charge in [0.15, 0.2) is 17.5 Å². The Morgan fingerprint density at radius 1 is 1.04 bits per heavy atom. The van der Waals surface area contributed by atoms with Crippen molar-refractivity contribution in [2.45, 2.75) is 31.8 Å². The fourth-order valence-corrected chi connectivity index (χ4v) is 3.32. The minimum atomic E-state index is 0.417. The largest absolute Gasteiger partial charge is 0.493 e. The van der Waals surface area contributed by atoms with Crippen LogP contribution in [-0.2, 0) is 6.54 Å². The molecule has 6 heteroatoms. The second kappa shape index (κ2) is 9.35. The van der Waals surface area contributed by atoms with Crippen molar-refractivity contribution in [1.29, 1.82) is 0 Å². The van der Waals surface area contributed by atoms with E-state index in [1.54, 1.807) is 21.3 Å². The Balaban J connectivity index is 1.70. The van der Waals surface area contributed by atoms with Gasteiger partial charge in [0.2, 0.25) is 5.75 Å². The Bertz CT molecular complexity index is 783. The predicted molar refractivity (Wildman–Crippen MR) is 112 cm³/mol. The third-order valence-corrected chi connectivity index (χ3v) is 4.83. The first-order chi connectivity index (χ1) is 13.7. The number of guanidine groups is 1. The van der Waals surface area contributed by atoms with Gasteiger partial charge in [-0.25, -0.2) is 4.99 Å². The molecule has 0 radical (unpaired) electrons. The molecule has 0 bridgehead atoms. The first-order valence-corrected chi connectivity index (χ1v) is 9.58. The zero-order chi connectivity index (χ0) is 19.9. The van der Waals surface area contributed by atoms with Gasteiger partial charge in [-0.3, -0.25) is 0 Å². The molecule has 0 aromatic heterocycles. The van der Waals surface area contributed by atoms with E-state index in [1.807, 2.05) is 12.1 Å². The Morgan fingerprint density at radius 3 is 2.29 bits per heavy atom. The molecule has 2 aromatic rings. The number of nitrogens with one attached hydrogen (secondary N) is 2. The van der Waals surface area contributed by atoms with Gasteiger partial charge in [0, 0.05) is 18.5 Å². The molecule has 1 aliphatic rings. The maximum Gasteiger partial charge on any atom is 0.203 e. The van der Waals surface area contributed by atoms with Crippen molar-refractivity contribution < 1.29 is 14.2 Å². The molecule has 150 valence electrons. The Labute approximate surface area is 166 Å². The maximum atomic E-state index is 5.43. The zero-order valence-electron chi connectivity index (χ0n) is 17.0. The first-order valence-electron chi connectivity index (χ1n) is 9.58. The van der Waals surface area contributed by atoms with Crippen molar-refractivity contribution in [3.05, 3.63) is 53.6 Å². The summed E-state index contributed by atoms with van der Waals surface area (Å²) in [5, 5.41) is 6.87. The Hall–Kier alpha value is -2.89. The Morgan fingerprint density at radius 2 is 1.71 bits per heavy atom. The summed E-state index contributed by atoms with van der Waals surface area (Å²) in [4.78, 5) is 4.74. The lowest BCUT2D eigenvalue weighted by atomic mass is 10.1. The molecule has 28 heavy (non-hydrogen) atoms. The number of rotatable bonds is 8. The summed E-state index contributed by atoms with van der Waals surface area (Å²) < 4.78 is 16.2. The highest BCUT2D eigenvalue weighted by Crippen LogP contribution is 2.40. The van der Waals surface area contributed by atoms with Crippen LogP contribution in [0.15, 0.2) is 47.5 Å². The maximum absolute atomic E-state index is 5.43. The molecule has 0 saturated heterocycles. The highest BCUT2D eigenvalue weighted by atomic mass is 16.5. The molecule has 1 saturated carbocycles. The van der Waals surface area contributed by atoms with E-state index in [0.29, 0.717) is 35.8 Å². The molecule has 1 aliphatic carbocycles. The SMILES string of the molecule is CCNC(=NCc1cc(OC)c(OC)c(OC)c1)NC1CC1c1ccccc1. The minimum absolute atomic E-state index is 0.417. The van der Waals surface area contributed by atoms with Gasteiger partial charge in [-0.05, 0) is 36.6 Å². The summed E-state index contributed by atoms with van der Waals surface area (Å²) >= 11 is 0. The smallest absolute Gasteiger partial charge is 0.203 e. The van der Waals surface area contributed by atoms with E-state index < -0.39 is 0 Å². The van der Waals surface area contributed by atoms with Crippen LogP contribution in [0.5, 0.6) is 17.2 Å². The molecule has 2 atom stereocenters. The lowest BCUT2D eigenvalue weighted by Crippen LogP contribution is -2.39. The number of benzene rings is 2. The topological polar surface area (TPSA) is 64.1 Å². The molecule has 3 rings (SSSR count). The summed E-state index contributed by atoms with van der Waals surface area (Å²) in [5.41, 5.74) is 2.36. The van der Waals surface area contributed by atoms with Crippen LogP contribution in [0.25, 0.3) is 0 Å². The predicted octanol–water partition coefficient (Wildman–Crippen LogP) is 3.32. The van der Waals surface area contributed by atoms with E-state index in [9.17, 15) is 0 Å². The molecule has 0 amide bonds. The van der Waals surface area contributed by atoms with Crippen molar-refractivity contribution in [2.24, 2.45) is 4.99 Å². The average molecular weight is 383 g/mol. The fraction of sp³-hybridized carbons (Fsp3) is 0.409. The molecule has 2 unspecified atom stereocenters. The number of methoxy groups -OCH3 is 3. The monoisotopic (exact) mass is 383 g/mol. The van der Waals surface area contributed by atoms with Gasteiger partial charge in [-0.15, -0.1) is 0 Å².